The van der Waals surface area contributed by atoms with Crippen LogP contribution >= 0.6 is 0 Å². The minimum absolute atomic E-state index is 0.112. The van der Waals surface area contributed by atoms with E-state index < -0.39 is 24.4 Å². The number of nitrogens with zero attached hydrogens (tertiary/aromatic N) is 1. The summed E-state index contributed by atoms with van der Waals surface area (Å²) < 4.78 is 12.4. The number of carbonyl (C=O) groups excluding carboxylic acids is 2. The topological polar surface area (TPSA) is 94.3 Å². The molecule has 0 atom stereocenters. The number of hydrogen-bond acceptors (Lipinski definition) is 4. The smallest absolute Gasteiger partial charge is 0.276 e. The van der Waals surface area contributed by atoms with Crippen molar-refractivity contribution in [2.75, 3.05) is 6.61 Å². The molecule has 0 unspecified atom stereocenters. The predicted octanol–water partition coefficient (Wildman–Crippen LogP) is -0.633. The molecular formula is C8H8FN3O3. The van der Waals surface area contributed by atoms with Crippen LogP contribution in [0.3, 0.4) is 0 Å². The highest BCUT2D eigenvalue weighted by Crippen LogP contribution is 1.98. The van der Waals surface area contributed by atoms with Gasteiger partial charge in [-0.3, -0.25) is 14.4 Å². The van der Waals surface area contributed by atoms with Crippen molar-refractivity contribution in [1.82, 2.24) is 10.5 Å². The average molecular weight is 213 g/mol. The van der Waals surface area contributed by atoms with Crippen LogP contribution in [0.2, 0.25) is 0 Å². The Morgan fingerprint density at radius 3 is 2.80 bits per heavy atom. The van der Waals surface area contributed by atoms with Crippen molar-refractivity contribution in [3.05, 3.63) is 29.8 Å². The van der Waals surface area contributed by atoms with E-state index in [4.69, 9.17) is 5.73 Å². The van der Waals surface area contributed by atoms with Crippen molar-refractivity contribution < 1.29 is 18.8 Å². The van der Waals surface area contributed by atoms with Gasteiger partial charge in [0.1, 0.15) is 0 Å². The largest absolute Gasteiger partial charge is 0.368 e. The molecule has 6 nitrogen and oxygen atoms in total. The van der Waals surface area contributed by atoms with Crippen molar-refractivity contribution >= 4 is 11.8 Å². The third-order valence-corrected chi connectivity index (χ3v) is 1.37. The van der Waals surface area contributed by atoms with Crippen LogP contribution in [0.25, 0.3) is 0 Å². The van der Waals surface area contributed by atoms with Gasteiger partial charge in [-0.15, -0.1) is 0 Å². The summed E-state index contributed by atoms with van der Waals surface area (Å²) in [5.74, 6) is -2.04. The lowest BCUT2D eigenvalue weighted by atomic mass is 10.3. The van der Waals surface area contributed by atoms with E-state index in [1.165, 1.54) is 6.07 Å². The van der Waals surface area contributed by atoms with E-state index in [9.17, 15) is 14.0 Å². The number of rotatable bonds is 4. The molecule has 0 bridgehead atoms. The van der Waals surface area contributed by atoms with Crippen LogP contribution in [-0.4, -0.2) is 23.4 Å². The van der Waals surface area contributed by atoms with Gasteiger partial charge >= 0.3 is 0 Å². The Morgan fingerprint density at radius 2 is 2.27 bits per heavy atom. The SMILES string of the molecule is NC(=O)CONC(=O)c1ccc(F)nc1. The van der Waals surface area contributed by atoms with Crippen LogP contribution < -0.4 is 11.2 Å². The Hall–Kier alpha value is -2.02. The summed E-state index contributed by atoms with van der Waals surface area (Å²) in [6.07, 6.45) is 1.04. The van der Waals surface area contributed by atoms with Gasteiger partial charge in [0.05, 0.1) is 5.56 Å². The molecule has 0 aliphatic rings. The lowest BCUT2D eigenvalue weighted by molar-refractivity contribution is -0.124. The van der Waals surface area contributed by atoms with Crippen molar-refractivity contribution in [2.45, 2.75) is 0 Å². The van der Waals surface area contributed by atoms with Gasteiger partial charge in [0, 0.05) is 6.20 Å². The Labute approximate surface area is 84.2 Å². The normalized spacial score (nSPS) is 9.67. The first-order chi connectivity index (χ1) is 7.09. The summed E-state index contributed by atoms with van der Waals surface area (Å²) in [6, 6.07) is 2.26. The molecule has 2 amide bonds. The maximum absolute atomic E-state index is 12.4. The number of nitrogens with two attached hydrogens (primary N) is 1. The van der Waals surface area contributed by atoms with E-state index in [0.717, 1.165) is 12.3 Å². The van der Waals surface area contributed by atoms with E-state index in [2.05, 4.69) is 9.82 Å². The molecule has 1 heterocycles. The quantitative estimate of drug-likeness (QED) is 0.514. The first-order valence-electron chi connectivity index (χ1n) is 3.91. The summed E-state index contributed by atoms with van der Waals surface area (Å²) in [4.78, 5) is 29.1. The van der Waals surface area contributed by atoms with Gasteiger partial charge in [-0.25, -0.2) is 10.5 Å². The van der Waals surface area contributed by atoms with Crippen LogP contribution in [0.15, 0.2) is 18.3 Å². The zero-order valence-electron chi connectivity index (χ0n) is 7.57. The zero-order chi connectivity index (χ0) is 11.3. The van der Waals surface area contributed by atoms with E-state index in [1.807, 2.05) is 5.48 Å². The monoisotopic (exact) mass is 213 g/mol. The van der Waals surface area contributed by atoms with Crippen LogP contribution in [0.1, 0.15) is 10.4 Å². The Bertz CT molecular complexity index is 366. The summed E-state index contributed by atoms with van der Waals surface area (Å²) in [7, 11) is 0. The molecule has 1 rings (SSSR count). The van der Waals surface area contributed by atoms with Crippen LogP contribution in [0, 0.1) is 5.95 Å². The summed E-state index contributed by atoms with van der Waals surface area (Å²) in [5, 5.41) is 0. The van der Waals surface area contributed by atoms with Crippen molar-refractivity contribution in [1.29, 1.82) is 0 Å². The number of hydroxylamine groups is 1. The molecule has 0 radical (unpaired) electrons. The lowest BCUT2D eigenvalue weighted by Crippen LogP contribution is -2.29. The highest BCUT2D eigenvalue weighted by Gasteiger charge is 2.06. The molecule has 15 heavy (non-hydrogen) atoms. The number of amides is 2. The fraction of sp³-hybridized carbons (Fsp3) is 0.125. The molecule has 7 heteroatoms. The minimum Gasteiger partial charge on any atom is -0.368 e. The Balaban J connectivity index is 2.47. The number of aromatic nitrogens is 1. The molecule has 0 spiro atoms. The molecular weight excluding hydrogens is 205 g/mol. The minimum atomic E-state index is -0.715. The van der Waals surface area contributed by atoms with Crippen molar-refractivity contribution in [3.63, 3.8) is 0 Å². The van der Waals surface area contributed by atoms with E-state index >= 15 is 0 Å². The summed E-state index contributed by atoms with van der Waals surface area (Å²) >= 11 is 0. The predicted molar refractivity (Wildman–Crippen MR) is 46.8 cm³/mol. The van der Waals surface area contributed by atoms with Gasteiger partial charge in [0.2, 0.25) is 11.9 Å². The first-order valence-corrected chi connectivity index (χ1v) is 3.91. The molecule has 1 aromatic heterocycles. The number of halogens is 1. The van der Waals surface area contributed by atoms with Crippen LogP contribution in [-0.2, 0) is 9.63 Å². The van der Waals surface area contributed by atoms with Gasteiger partial charge in [0.15, 0.2) is 6.61 Å². The Morgan fingerprint density at radius 1 is 1.53 bits per heavy atom. The second kappa shape index (κ2) is 5.01. The first kappa shape index (κ1) is 11.1. The number of hydrogen-bond donors (Lipinski definition) is 2. The van der Waals surface area contributed by atoms with E-state index in [-0.39, 0.29) is 5.56 Å². The molecule has 0 saturated heterocycles. The third kappa shape index (κ3) is 3.69. The number of pyridine rings is 1. The van der Waals surface area contributed by atoms with Gasteiger partial charge in [-0.1, -0.05) is 0 Å². The zero-order valence-corrected chi connectivity index (χ0v) is 7.57. The molecule has 1 aromatic rings. The maximum Gasteiger partial charge on any atom is 0.276 e. The highest BCUT2D eigenvalue weighted by atomic mass is 19.1. The molecule has 0 saturated carbocycles. The van der Waals surface area contributed by atoms with Gasteiger partial charge in [-0.05, 0) is 12.1 Å². The number of nitrogens with one attached hydrogen (secondary N) is 1. The standard InChI is InChI=1S/C8H8FN3O3/c9-6-2-1-5(3-11-6)8(14)12-15-4-7(10)13/h1-3H,4H2,(H2,10,13)(H,12,14). The van der Waals surface area contributed by atoms with Crippen molar-refractivity contribution in [3.8, 4) is 0 Å². The number of primary amides is 1. The second-order valence-corrected chi connectivity index (χ2v) is 2.56. The molecule has 0 aliphatic carbocycles. The fourth-order valence-corrected chi connectivity index (χ4v) is 0.742. The Kier molecular flexibility index (Phi) is 3.69. The van der Waals surface area contributed by atoms with Gasteiger partial charge in [0.25, 0.3) is 5.91 Å². The summed E-state index contributed by atoms with van der Waals surface area (Å²) in [5.41, 5.74) is 6.82. The van der Waals surface area contributed by atoms with Crippen molar-refractivity contribution in [2.24, 2.45) is 5.73 Å². The maximum atomic E-state index is 12.4. The molecule has 0 aliphatic heterocycles. The summed E-state index contributed by atoms with van der Waals surface area (Å²) in [6.45, 7) is -0.430. The van der Waals surface area contributed by atoms with Gasteiger partial charge in [-0.2, -0.15) is 4.39 Å². The van der Waals surface area contributed by atoms with Crippen LogP contribution in [0.4, 0.5) is 4.39 Å². The highest BCUT2D eigenvalue weighted by molar-refractivity contribution is 5.93. The van der Waals surface area contributed by atoms with Gasteiger partial charge < -0.3 is 5.73 Å². The third-order valence-electron chi connectivity index (χ3n) is 1.37. The fourth-order valence-electron chi connectivity index (χ4n) is 0.742. The number of carbonyl (C=O) groups is 2. The lowest BCUT2D eigenvalue weighted by Gasteiger charge is -2.03. The molecule has 3 N–H and O–H groups in total. The molecule has 80 valence electrons. The van der Waals surface area contributed by atoms with E-state index in [1.54, 1.807) is 0 Å². The average Bonchev–Trinajstić information content (AvgIpc) is 2.18. The second-order valence-electron chi connectivity index (χ2n) is 2.56. The molecule has 0 aromatic carbocycles. The van der Waals surface area contributed by atoms with E-state index in [0.29, 0.717) is 0 Å². The van der Waals surface area contributed by atoms with Crippen LogP contribution in [0.5, 0.6) is 0 Å². The molecule has 0 fully saturated rings.